The Kier molecular flexibility index (Phi) is 55.4. The smallest absolute Gasteiger partial charge is 0.306 e. The molecule has 0 bridgehead atoms. The summed E-state index contributed by atoms with van der Waals surface area (Å²) in [5, 5.41) is 3.03. The van der Waals surface area contributed by atoms with Gasteiger partial charge in [0.15, 0.2) is 0 Å². The van der Waals surface area contributed by atoms with Gasteiger partial charge in [-0.25, -0.2) is 0 Å². The van der Waals surface area contributed by atoms with Crippen molar-refractivity contribution < 1.29 is 37.3 Å². The molecule has 9 nitrogen and oxygen atoms in total. The third kappa shape index (κ3) is 57.9. The van der Waals surface area contributed by atoms with Gasteiger partial charge in [-0.15, -0.1) is 0 Å². The molecule has 78 heavy (non-hydrogen) atoms. The monoisotopic (exact) mass is 1110 g/mol. The molecule has 0 aliphatic heterocycles. The lowest BCUT2D eigenvalue weighted by molar-refractivity contribution is -0.870. The summed E-state index contributed by atoms with van der Waals surface area (Å²) in [6.45, 7) is 6.73. The number of hydrogen-bond donors (Lipinski definition) is 1. The van der Waals surface area contributed by atoms with Gasteiger partial charge in [0, 0.05) is 12.8 Å². The number of hydrogen-bond acceptors (Lipinski definition) is 7. The van der Waals surface area contributed by atoms with Gasteiger partial charge in [-0.2, -0.15) is 0 Å². The van der Waals surface area contributed by atoms with Gasteiger partial charge in [0.1, 0.15) is 19.3 Å². The van der Waals surface area contributed by atoms with Crippen LogP contribution in [0.15, 0.2) is 85.1 Å². The molecule has 1 amide bonds. The lowest BCUT2D eigenvalue weighted by atomic mass is 10.0. The zero-order chi connectivity index (χ0) is 57.2. The fourth-order valence-electron chi connectivity index (χ4n) is 9.11. The van der Waals surface area contributed by atoms with Gasteiger partial charge in [0.25, 0.3) is 7.82 Å². The number of likely N-dealkylation sites (N-methyl/N-ethyl adjacent to an activating group) is 1. The maximum atomic E-state index is 13.6. The van der Waals surface area contributed by atoms with E-state index in [1.165, 1.54) is 128 Å². The summed E-state index contributed by atoms with van der Waals surface area (Å²) < 4.78 is 30.3. The number of quaternary nitrogens is 1. The molecular weight excluding hydrogens is 988 g/mol. The minimum atomic E-state index is -4.71. The zero-order valence-electron chi connectivity index (χ0n) is 51.6. The summed E-state index contributed by atoms with van der Waals surface area (Å²) in [4.78, 5) is 40.0. The average Bonchev–Trinajstić information content (AvgIpc) is 3.40. The third-order valence-corrected chi connectivity index (χ3v) is 15.1. The first kappa shape index (κ1) is 75.2. The van der Waals surface area contributed by atoms with Gasteiger partial charge in [-0.3, -0.25) is 14.2 Å². The van der Waals surface area contributed by atoms with Crippen LogP contribution in [-0.2, 0) is 27.9 Å². The van der Waals surface area contributed by atoms with E-state index in [1.807, 2.05) is 33.3 Å². The Morgan fingerprint density at radius 3 is 1.23 bits per heavy atom. The van der Waals surface area contributed by atoms with Crippen LogP contribution < -0.4 is 10.2 Å². The van der Waals surface area contributed by atoms with E-state index in [-0.39, 0.29) is 24.9 Å². The number of phosphoric acid groups is 1. The average molecular weight is 1110 g/mol. The molecule has 452 valence electrons. The van der Waals surface area contributed by atoms with E-state index in [1.54, 1.807) is 0 Å². The molecule has 3 unspecified atom stereocenters. The highest BCUT2D eigenvalue weighted by Gasteiger charge is 2.27. The van der Waals surface area contributed by atoms with E-state index in [0.717, 1.165) is 122 Å². The second-order valence-electron chi connectivity index (χ2n) is 22.9. The van der Waals surface area contributed by atoms with Crippen molar-refractivity contribution >= 4 is 19.7 Å². The highest BCUT2D eigenvalue weighted by atomic mass is 31.2. The molecule has 0 aromatic carbocycles. The number of phosphoric ester groups is 1. The number of allylic oxidation sites excluding steroid dienone is 13. The minimum Gasteiger partial charge on any atom is -0.756 e. The molecular formula is C68H123N2O7P. The Hall–Kier alpha value is -2.81. The molecule has 0 aromatic heterocycles. The van der Waals surface area contributed by atoms with Crippen LogP contribution in [0.2, 0.25) is 0 Å². The van der Waals surface area contributed by atoms with Crippen LogP contribution in [0, 0.1) is 0 Å². The van der Waals surface area contributed by atoms with E-state index >= 15 is 0 Å². The molecule has 0 rings (SSSR count). The Bertz CT molecular complexity index is 1610. The summed E-state index contributed by atoms with van der Waals surface area (Å²) in [5.74, 6) is -0.553. The Labute approximate surface area is 482 Å². The summed E-state index contributed by atoms with van der Waals surface area (Å²) in [6, 6.07) is -0.898. The predicted octanol–water partition coefficient (Wildman–Crippen LogP) is 19.5. The molecule has 0 aliphatic rings. The first-order chi connectivity index (χ1) is 37.9. The summed E-state index contributed by atoms with van der Waals surface area (Å²) in [7, 11) is 1.17. The lowest BCUT2D eigenvalue weighted by Gasteiger charge is -2.30. The number of rotatable bonds is 58. The molecule has 0 aromatic rings. The summed E-state index contributed by atoms with van der Waals surface area (Å²) in [5.41, 5.74) is 0. The molecule has 0 saturated heterocycles. The van der Waals surface area contributed by atoms with Crippen LogP contribution in [0.4, 0.5) is 0 Å². The molecule has 0 aliphatic carbocycles. The number of nitrogens with zero attached hydrogens (tertiary/aromatic N) is 1. The Morgan fingerprint density at radius 1 is 0.462 bits per heavy atom. The second-order valence-corrected chi connectivity index (χ2v) is 24.3. The molecule has 10 heteroatoms. The van der Waals surface area contributed by atoms with Crippen LogP contribution in [0.3, 0.4) is 0 Å². The van der Waals surface area contributed by atoms with Crippen molar-refractivity contribution in [3.63, 3.8) is 0 Å². The quantitative estimate of drug-likeness (QED) is 0.0212. The van der Waals surface area contributed by atoms with Crippen molar-refractivity contribution in [2.75, 3.05) is 40.9 Å². The highest BCUT2D eigenvalue weighted by molar-refractivity contribution is 7.45. The number of carbonyl (C=O) groups excluding carboxylic acids is 2. The second kappa shape index (κ2) is 57.4. The topological polar surface area (TPSA) is 114 Å². The molecule has 0 heterocycles. The fraction of sp³-hybridized carbons (Fsp3) is 0.765. The molecule has 1 N–H and O–H groups in total. The largest absolute Gasteiger partial charge is 0.756 e. The van der Waals surface area contributed by atoms with Gasteiger partial charge >= 0.3 is 5.97 Å². The Balaban J connectivity index is 5.19. The lowest BCUT2D eigenvalue weighted by Crippen LogP contribution is -2.47. The van der Waals surface area contributed by atoms with Gasteiger partial charge in [-0.05, 0) is 83.1 Å². The van der Waals surface area contributed by atoms with Crippen LogP contribution in [0.25, 0.3) is 0 Å². The first-order valence-corrected chi connectivity index (χ1v) is 33.9. The Morgan fingerprint density at radius 2 is 0.821 bits per heavy atom. The fourth-order valence-corrected chi connectivity index (χ4v) is 9.84. The molecule has 0 radical (unpaired) electrons. The molecule has 0 fully saturated rings. The van der Waals surface area contributed by atoms with Crippen LogP contribution in [0.5, 0.6) is 0 Å². The summed E-state index contributed by atoms with van der Waals surface area (Å²) in [6.07, 6.45) is 75.5. The van der Waals surface area contributed by atoms with Gasteiger partial charge in [-0.1, -0.05) is 273 Å². The number of carbonyl (C=O) groups is 2. The summed E-state index contributed by atoms with van der Waals surface area (Å²) >= 11 is 0. The van der Waals surface area contributed by atoms with Crippen LogP contribution in [-0.4, -0.2) is 69.4 Å². The van der Waals surface area contributed by atoms with Crippen molar-refractivity contribution in [2.24, 2.45) is 0 Å². The van der Waals surface area contributed by atoms with Crippen molar-refractivity contribution in [3.8, 4) is 0 Å². The van der Waals surface area contributed by atoms with E-state index in [0.29, 0.717) is 17.4 Å². The predicted molar refractivity (Wildman–Crippen MR) is 335 cm³/mol. The van der Waals surface area contributed by atoms with Crippen LogP contribution >= 0.6 is 7.82 Å². The standard InChI is InChI=1S/C68H123N2O7P/c1-7-10-13-16-19-22-25-28-30-31-32-33-34-35-36-37-38-39-41-42-45-48-51-54-57-60-67(71)69-65(64-76-78(73,74)75-63-62-70(4,5)6)66(59-56-53-50-47-44-27-24-21-18-15-12-9-3)77-68(72)61-58-55-52-49-46-43-40-29-26-23-20-17-14-11-8-2/h10,13,19,22,28,30,32-33,35-36,38-39,56,59,65-66H,7-9,11-12,14-18,20-21,23-27,29,31,34,37,40-55,57-58,60-64H2,1-6H3,(H-,69,71,73,74)/b13-10-,22-19-,30-28-,33-32-,36-35-,39-38-,59-56-. The normalized spacial score (nSPS) is 14.2. The van der Waals surface area contributed by atoms with Crippen molar-refractivity contribution in [1.29, 1.82) is 0 Å². The van der Waals surface area contributed by atoms with Crippen LogP contribution in [0.1, 0.15) is 284 Å². The SMILES string of the molecule is CC/C=C\C/C=C\C/C=C\C/C=C\C/C=C\C/C=C\CCCCCCCCC(=O)NC(COP(=O)([O-])OCC[N+](C)(C)C)C(/C=C\CCCCCCCCCCCC)OC(=O)CCCCCCCCCCCCCCCCC. The van der Waals surface area contributed by atoms with Crippen molar-refractivity contribution in [1.82, 2.24) is 5.32 Å². The maximum Gasteiger partial charge on any atom is 0.306 e. The number of ether oxygens (including phenoxy) is 1. The van der Waals surface area contributed by atoms with Crippen molar-refractivity contribution in [2.45, 2.75) is 296 Å². The number of nitrogens with one attached hydrogen (secondary N) is 1. The van der Waals surface area contributed by atoms with E-state index < -0.39 is 26.6 Å². The van der Waals surface area contributed by atoms with Gasteiger partial charge < -0.3 is 28.5 Å². The number of amides is 1. The number of unbranched alkanes of at least 4 members (excludes halogenated alkanes) is 30. The first-order valence-electron chi connectivity index (χ1n) is 32.4. The van der Waals surface area contributed by atoms with Gasteiger partial charge in [0.05, 0.1) is 33.8 Å². The molecule has 3 atom stereocenters. The third-order valence-electron chi connectivity index (χ3n) is 14.1. The van der Waals surface area contributed by atoms with E-state index in [2.05, 4.69) is 99.0 Å². The maximum absolute atomic E-state index is 13.6. The highest BCUT2D eigenvalue weighted by Crippen LogP contribution is 2.38. The van der Waals surface area contributed by atoms with E-state index in [4.69, 9.17) is 13.8 Å². The molecule has 0 saturated carbocycles. The molecule has 0 spiro atoms. The van der Waals surface area contributed by atoms with E-state index in [9.17, 15) is 19.0 Å². The number of esters is 1. The zero-order valence-corrected chi connectivity index (χ0v) is 52.5. The van der Waals surface area contributed by atoms with Crippen molar-refractivity contribution in [3.05, 3.63) is 85.1 Å². The van der Waals surface area contributed by atoms with Gasteiger partial charge in [0.2, 0.25) is 5.91 Å². The minimum absolute atomic E-state index is 0.0275.